The predicted molar refractivity (Wildman–Crippen MR) is 156 cm³/mol. The van der Waals surface area contributed by atoms with Gasteiger partial charge in [0.2, 0.25) is 0 Å². The van der Waals surface area contributed by atoms with Crippen LogP contribution in [0.5, 0.6) is 0 Å². The minimum Gasteiger partial charge on any atom is -0.339 e. The number of hydrogen-bond donors (Lipinski definition) is 1. The van der Waals surface area contributed by atoms with E-state index in [4.69, 9.17) is 16.6 Å². The topological polar surface area (TPSA) is 58.6 Å². The number of pyridine rings is 3. The van der Waals surface area contributed by atoms with Crippen LogP contribution in [0, 0.1) is 0 Å². The molecule has 0 radical (unpaired) electrons. The molecule has 0 aliphatic heterocycles. The summed E-state index contributed by atoms with van der Waals surface area (Å²) in [5.74, 6) is 0. The molecule has 0 unspecified atom stereocenters. The molecule has 3 heterocycles. The maximum atomic E-state index is 13.5. The number of hydrogen-bond acceptors (Lipinski definition) is 3. The molecule has 4 nitrogen and oxygen atoms in total. The Morgan fingerprint density at radius 2 is 1.42 bits per heavy atom. The summed E-state index contributed by atoms with van der Waals surface area (Å²) < 4.78 is 0. The predicted octanol–water partition coefficient (Wildman–Crippen LogP) is 8.28. The minimum absolute atomic E-state index is 0.0937. The van der Waals surface area contributed by atoms with E-state index >= 15 is 0 Å². The zero-order valence-electron chi connectivity index (χ0n) is 20.2. The SMILES string of the molecule is O=c1cc(-c2ccc3ccccc3c2)[nH]c2nc(-c3ccccc3)c(-c3cc(Cl)c4ncccc4c3)cc12. The summed E-state index contributed by atoms with van der Waals surface area (Å²) in [7, 11) is 0. The van der Waals surface area contributed by atoms with Crippen LogP contribution in [0.25, 0.3) is 66.4 Å². The fraction of sp³-hybridized carbons (Fsp3) is 0. The molecule has 180 valence electrons. The van der Waals surface area contributed by atoms with E-state index in [9.17, 15) is 4.79 Å². The number of rotatable bonds is 3. The van der Waals surface area contributed by atoms with Crippen molar-refractivity contribution < 1.29 is 0 Å². The van der Waals surface area contributed by atoms with Gasteiger partial charge in [-0.05, 0) is 52.2 Å². The molecule has 0 aliphatic carbocycles. The van der Waals surface area contributed by atoms with E-state index in [2.05, 4.69) is 34.2 Å². The van der Waals surface area contributed by atoms with Crippen molar-refractivity contribution in [1.29, 1.82) is 0 Å². The smallest absolute Gasteiger partial charge is 0.191 e. The summed E-state index contributed by atoms with van der Waals surface area (Å²) in [4.78, 5) is 26.3. The van der Waals surface area contributed by atoms with Crippen LogP contribution >= 0.6 is 11.6 Å². The van der Waals surface area contributed by atoms with Gasteiger partial charge in [0, 0.05) is 28.8 Å². The van der Waals surface area contributed by atoms with Crippen LogP contribution in [0.1, 0.15) is 0 Å². The Balaban J connectivity index is 1.48. The first-order valence-electron chi connectivity index (χ1n) is 12.3. The van der Waals surface area contributed by atoms with Crippen LogP contribution in [-0.4, -0.2) is 15.0 Å². The maximum Gasteiger partial charge on any atom is 0.191 e. The molecule has 0 fully saturated rings. The monoisotopic (exact) mass is 509 g/mol. The van der Waals surface area contributed by atoms with E-state index in [-0.39, 0.29) is 5.43 Å². The second-order valence-electron chi connectivity index (χ2n) is 9.29. The fourth-order valence-electron chi connectivity index (χ4n) is 5.02. The minimum atomic E-state index is -0.0937. The normalized spacial score (nSPS) is 11.4. The molecule has 0 saturated carbocycles. The van der Waals surface area contributed by atoms with Crippen LogP contribution in [0.15, 0.2) is 120 Å². The van der Waals surface area contributed by atoms with E-state index in [1.807, 2.05) is 78.9 Å². The Morgan fingerprint density at radius 3 is 2.29 bits per heavy atom. The number of nitrogens with zero attached hydrogens (tertiary/aromatic N) is 2. The molecule has 1 N–H and O–H groups in total. The van der Waals surface area contributed by atoms with E-state index in [1.165, 1.54) is 0 Å². The van der Waals surface area contributed by atoms with Crippen molar-refractivity contribution in [3.8, 4) is 33.6 Å². The largest absolute Gasteiger partial charge is 0.339 e. The van der Waals surface area contributed by atoms with Gasteiger partial charge in [0.05, 0.1) is 27.3 Å². The van der Waals surface area contributed by atoms with Crippen LogP contribution in [0.4, 0.5) is 0 Å². The molecule has 0 saturated heterocycles. The number of nitrogens with one attached hydrogen (secondary N) is 1. The second-order valence-corrected chi connectivity index (χ2v) is 9.70. The number of benzene rings is 4. The number of aromatic amines is 1. The molecule has 0 atom stereocenters. The number of H-pyrrole nitrogens is 1. The van der Waals surface area contributed by atoms with Crippen LogP contribution < -0.4 is 5.43 Å². The summed E-state index contributed by atoms with van der Waals surface area (Å²) in [5, 5.41) is 4.26. The van der Waals surface area contributed by atoms with Gasteiger partial charge < -0.3 is 4.98 Å². The lowest BCUT2D eigenvalue weighted by atomic mass is 9.96. The van der Waals surface area contributed by atoms with E-state index in [0.29, 0.717) is 16.1 Å². The van der Waals surface area contributed by atoms with Gasteiger partial charge in [0.25, 0.3) is 0 Å². The molecule has 0 spiro atoms. The van der Waals surface area contributed by atoms with Crippen LogP contribution in [0.3, 0.4) is 0 Å². The highest BCUT2D eigenvalue weighted by atomic mass is 35.5. The van der Waals surface area contributed by atoms with Gasteiger partial charge in [-0.1, -0.05) is 84.4 Å². The highest BCUT2D eigenvalue weighted by Gasteiger charge is 2.16. The summed E-state index contributed by atoms with van der Waals surface area (Å²) in [6, 6.07) is 35.7. The summed E-state index contributed by atoms with van der Waals surface area (Å²) in [6.45, 7) is 0. The van der Waals surface area contributed by atoms with E-state index in [1.54, 1.807) is 12.3 Å². The molecule has 3 aromatic heterocycles. The molecule has 0 bridgehead atoms. The zero-order chi connectivity index (χ0) is 25.6. The standard InChI is InChI=1S/C33H20ClN3O/c34-28-17-25(16-24-11-6-14-35-32(24)28)26-18-27-30(38)19-29(23-13-12-20-7-4-5-10-22(20)15-23)36-33(27)37-31(26)21-8-2-1-3-9-21/h1-19H,(H,36,37,38). The fourth-order valence-corrected chi connectivity index (χ4v) is 5.30. The van der Waals surface area contributed by atoms with E-state index < -0.39 is 0 Å². The Morgan fingerprint density at radius 1 is 0.658 bits per heavy atom. The molecule has 4 aromatic carbocycles. The zero-order valence-corrected chi connectivity index (χ0v) is 20.9. The van der Waals surface area contributed by atoms with Crippen molar-refractivity contribution in [3.05, 3.63) is 131 Å². The summed E-state index contributed by atoms with van der Waals surface area (Å²) >= 11 is 6.64. The molecule has 7 rings (SSSR count). The maximum absolute atomic E-state index is 13.5. The third-order valence-corrected chi connectivity index (χ3v) is 7.18. The van der Waals surface area contributed by atoms with Gasteiger partial charge in [-0.3, -0.25) is 9.78 Å². The number of fused-ring (bicyclic) bond motifs is 3. The Labute approximate surface area is 223 Å². The average molecular weight is 510 g/mol. The molecule has 5 heteroatoms. The Kier molecular flexibility index (Phi) is 5.27. The van der Waals surface area contributed by atoms with Gasteiger partial charge in [-0.2, -0.15) is 0 Å². The molecular weight excluding hydrogens is 490 g/mol. The first-order valence-corrected chi connectivity index (χ1v) is 12.7. The third-order valence-electron chi connectivity index (χ3n) is 6.89. The van der Waals surface area contributed by atoms with Crippen molar-refractivity contribution in [3.63, 3.8) is 0 Å². The molecular formula is C33H20ClN3O. The lowest BCUT2D eigenvalue weighted by Crippen LogP contribution is -2.06. The van der Waals surface area contributed by atoms with Crippen LogP contribution in [0.2, 0.25) is 5.02 Å². The van der Waals surface area contributed by atoms with Gasteiger partial charge >= 0.3 is 0 Å². The third kappa shape index (κ3) is 3.83. The van der Waals surface area contributed by atoms with Gasteiger partial charge in [0.1, 0.15) is 5.65 Å². The lowest BCUT2D eigenvalue weighted by molar-refractivity contribution is 1.28. The van der Waals surface area contributed by atoms with Crippen molar-refractivity contribution in [2.45, 2.75) is 0 Å². The van der Waals surface area contributed by atoms with Gasteiger partial charge in [0.15, 0.2) is 5.43 Å². The van der Waals surface area contributed by atoms with E-state index in [0.717, 1.165) is 55.3 Å². The Hall–Kier alpha value is -4.80. The second kappa shape index (κ2) is 8.94. The first kappa shape index (κ1) is 22.4. The van der Waals surface area contributed by atoms with Crippen molar-refractivity contribution in [2.75, 3.05) is 0 Å². The van der Waals surface area contributed by atoms with Crippen molar-refractivity contribution >= 4 is 44.3 Å². The van der Waals surface area contributed by atoms with Gasteiger partial charge in [-0.25, -0.2) is 4.98 Å². The highest BCUT2D eigenvalue weighted by molar-refractivity contribution is 6.35. The average Bonchev–Trinajstić information content (AvgIpc) is 2.96. The quantitative estimate of drug-likeness (QED) is 0.260. The van der Waals surface area contributed by atoms with Crippen molar-refractivity contribution in [2.24, 2.45) is 0 Å². The molecule has 7 aromatic rings. The van der Waals surface area contributed by atoms with Crippen LogP contribution in [-0.2, 0) is 0 Å². The van der Waals surface area contributed by atoms with Crippen molar-refractivity contribution in [1.82, 2.24) is 15.0 Å². The van der Waals surface area contributed by atoms with Gasteiger partial charge in [-0.15, -0.1) is 0 Å². The lowest BCUT2D eigenvalue weighted by Gasteiger charge is -2.14. The summed E-state index contributed by atoms with van der Waals surface area (Å²) in [6.07, 6.45) is 1.73. The first-order chi connectivity index (χ1) is 18.6. The Bertz CT molecular complexity index is 2070. The number of aromatic nitrogens is 3. The molecule has 38 heavy (non-hydrogen) atoms. The number of halogens is 1. The summed E-state index contributed by atoms with van der Waals surface area (Å²) in [5.41, 5.74) is 6.27. The molecule has 0 aliphatic rings. The molecule has 0 amide bonds. The highest BCUT2D eigenvalue weighted by Crippen LogP contribution is 2.36.